The molecular formula is C16H19N3O5S. The monoisotopic (exact) mass is 365 g/mol. The van der Waals surface area contributed by atoms with E-state index in [4.69, 9.17) is 0 Å². The average Bonchev–Trinajstić information content (AvgIpc) is 2.85. The first-order valence-electron chi connectivity index (χ1n) is 7.75. The number of thioether (sulfide) groups is 1. The van der Waals surface area contributed by atoms with Gasteiger partial charge in [0.05, 0.1) is 5.37 Å². The van der Waals surface area contributed by atoms with Crippen LogP contribution in [0.3, 0.4) is 0 Å². The van der Waals surface area contributed by atoms with Gasteiger partial charge in [-0.1, -0.05) is 12.1 Å². The Balaban J connectivity index is 1.75. The van der Waals surface area contributed by atoms with Crippen LogP contribution in [0.1, 0.15) is 25.5 Å². The lowest BCUT2D eigenvalue weighted by Crippen LogP contribution is -2.63. The van der Waals surface area contributed by atoms with Crippen LogP contribution in [0.4, 0.5) is 0 Å². The predicted molar refractivity (Wildman–Crippen MR) is 90.9 cm³/mol. The Labute approximate surface area is 148 Å². The molecule has 8 nitrogen and oxygen atoms in total. The second-order valence-corrected chi connectivity index (χ2v) is 8.39. The number of carbonyl (C=O) groups excluding carboxylic acids is 2. The third-order valence-corrected chi connectivity index (χ3v) is 5.87. The highest BCUT2D eigenvalue weighted by Gasteiger charge is 2.50. The van der Waals surface area contributed by atoms with Gasteiger partial charge >= 0.3 is 5.97 Å². The second-order valence-electron chi connectivity index (χ2n) is 6.60. The molecule has 9 heteroatoms. The van der Waals surface area contributed by atoms with E-state index in [2.05, 4.69) is 16.0 Å². The van der Waals surface area contributed by atoms with Crippen molar-refractivity contribution in [2.24, 2.45) is 0 Å². The van der Waals surface area contributed by atoms with Gasteiger partial charge in [-0.3, -0.25) is 19.7 Å². The van der Waals surface area contributed by atoms with Gasteiger partial charge in [0.2, 0.25) is 11.8 Å². The van der Waals surface area contributed by atoms with Crippen LogP contribution in [-0.4, -0.2) is 50.2 Å². The van der Waals surface area contributed by atoms with Crippen molar-refractivity contribution >= 4 is 29.5 Å². The predicted octanol–water partition coefficient (Wildman–Crippen LogP) is -0.0578. The summed E-state index contributed by atoms with van der Waals surface area (Å²) in [7, 11) is 0. The molecule has 0 aliphatic carbocycles. The van der Waals surface area contributed by atoms with Crippen molar-refractivity contribution in [1.29, 1.82) is 0 Å². The molecule has 1 aromatic rings. The molecule has 2 heterocycles. The minimum Gasteiger partial charge on any atom is -0.508 e. The van der Waals surface area contributed by atoms with Gasteiger partial charge in [0.25, 0.3) is 0 Å². The fourth-order valence-corrected chi connectivity index (χ4v) is 4.53. The van der Waals surface area contributed by atoms with Crippen LogP contribution < -0.4 is 16.0 Å². The van der Waals surface area contributed by atoms with Gasteiger partial charge in [0.1, 0.15) is 23.9 Å². The van der Waals surface area contributed by atoms with Crippen molar-refractivity contribution in [3.8, 4) is 5.75 Å². The van der Waals surface area contributed by atoms with Gasteiger partial charge in [-0.2, -0.15) is 0 Å². The molecule has 2 aliphatic heterocycles. The molecule has 0 saturated carbocycles. The summed E-state index contributed by atoms with van der Waals surface area (Å²) in [6.07, 6.45) is 0. The van der Waals surface area contributed by atoms with Crippen molar-refractivity contribution in [1.82, 2.24) is 16.0 Å². The number of aromatic hydroxyl groups is 1. The van der Waals surface area contributed by atoms with E-state index in [9.17, 15) is 24.6 Å². The first-order valence-corrected chi connectivity index (χ1v) is 8.63. The zero-order chi connectivity index (χ0) is 18.4. The minimum atomic E-state index is -0.996. The molecule has 2 saturated heterocycles. The Morgan fingerprint density at radius 2 is 1.76 bits per heavy atom. The zero-order valence-corrected chi connectivity index (χ0v) is 14.5. The van der Waals surface area contributed by atoms with E-state index in [-0.39, 0.29) is 17.6 Å². The Morgan fingerprint density at radius 3 is 2.32 bits per heavy atom. The summed E-state index contributed by atoms with van der Waals surface area (Å²) in [4.78, 5) is 36.3. The van der Waals surface area contributed by atoms with Crippen molar-refractivity contribution < 1.29 is 24.6 Å². The third-order valence-electron chi connectivity index (χ3n) is 4.36. The Bertz CT molecular complexity index is 721. The number of benzene rings is 1. The maximum Gasteiger partial charge on any atom is 0.322 e. The first kappa shape index (κ1) is 17.6. The fraction of sp³-hybridized carbons (Fsp3) is 0.438. The maximum absolute atomic E-state index is 12.5. The number of aliphatic carboxylic acids is 1. The number of hydrogen-bond donors (Lipinski definition) is 5. The zero-order valence-electron chi connectivity index (χ0n) is 13.6. The number of phenolic OH excluding ortho intramolecular Hbond substituents is 1. The number of carboxylic acids is 1. The number of carbonyl (C=O) groups is 3. The number of carboxylic acid groups (broad SMARTS) is 1. The van der Waals surface area contributed by atoms with Gasteiger partial charge in [0.15, 0.2) is 0 Å². The molecule has 2 fully saturated rings. The molecule has 0 aromatic heterocycles. The molecule has 2 aliphatic rings. The Kier molecular flexibility index (Phi) is 4.38. The van der Waals surface area contributed by atoms with Crippen LogP contribution >= 0.6 is 11.8 Å². The maximum atomic E-state index is 12.5. The number of amides is 2. The van der Waals surface area contributed by atoms with Crippen LogP contribution in [-0.2, 0) is 14.4 Å². The van der Waals surface area contributed by atoms with Gasteiger partial charge < -0.3 is 20.8 Å². The average molecular weight is 365 g/mol. The van der Waals surface area contributed by atoms with E-state index in [1.165, 1.54) is 23.9 Å². The van der Waals surface area contributed by atoms with E-state index in [0.29, 0.717) is 5.56 Å². The molecule has 0 bridgehead atoms. The summed E-state index contributed by atoms with van der Waals surface area (Å²) in [5, 5.41) is 26.4. The topological polar surface area (TPSA) is 128 Å². The summed E-state index contributed by atoms with van der Waals surface area (Å²) in [5.74, 6) is -1.69. The fourth-order valence-electron chi connectivity index (χ4n) is 3.04. The standard InChI is InChI=1S/C16H19N3O5S/c1-16(2)11(15(23)24)19-14(25-16)10-13(22)17-9(12(21)18-10)7-3-5-8(20)6-4-7/h3-6,9-11,14,19-20H,1-2H3,(H,17,22)(H,18,21)(H,23,24)/t9-,10+,11-,14+/m0/s1. The van der Waals surface area contributed by atoms with Crippen LogP contribution in [0.2, 0.25) is 0 Å². The summed E-state index contributed by atoms with van der Waals surface area (Å²) in [6.45, 7) is 3.57. The van der Waals surface area contributed by atoms with Crippen molar-refractivity contribution in [2.75, 3.05) is 0 Å². The number of rotatable bonds is 3. The normalized spacial score (nSPS) is 31.3. The van der Waals surface area contributed by atoms with Crippen molar-refractivity contribution in [3.05, 3.63) is 29.8 Å². The molecule has 134 valence electrons. The number of phenols is 1. The highest BCUT2D eigenvalue weighted by atomic mass is 32.2. The molecule has 2 amide bonds. The van der Waals surface area contributed by atoms with E-state index in [1.807, 2.05) is 0 Å². The minimum absolute atomic E-state index is 0.0673. The van der Waals surface area contributed by atoms with E-state index >= 15 is 0 Å². The van der Waals surface area contributed by atoms with Crippen LogP contribution in [0.5, 0.6) is 5.75 Å². The Hall–Kier alpha value is -2.26. The van der Waals surface area contributed by atoms with Gasteiger partial charge in [-0.15, -0.1) is 11.8 Å². The lowest BCUT2D eigenvalue weighted by Gasteiger charge is -2.32. The molecule has 4 atom stereocenters. The third kappa shape index (κ3) is 3.29. The van der Waals surface area contributed by atoms with Crippen LogP contribution in [0.25, 0.3) is 0 Å². The molecule has 0 spiro atoms. The van der Waals surface area contributed by atoms with E-state index < -0.39 is 34.2 Å². The molecule has 1 aromatic carbocycles. The van der Waals surface area contributed by atoms with E-state index in [0.717, 1.165) is 0 Å². The second kappa shape index (κ2) is 6.23. The molecule has 5 N–H and O–H groups in total. The summed E-state index contributed by atoms with van der Waals surface area (Å²) >= 11 is 1.32. The highest BCUT2D eigenvalue weighted by Crippen LogP contribution is 2.39. The SMILES string of the molecule is CC1(C)S[C@H]([C@@H]2NC(=O)[C@H](c3ccc(O)cc3)NC2=O)N[C@H]1C(=O)O. The van der Waals surface area contributed by atoms with Gasteiger partial charge in [-0.05, 0) is 31.5 Å². The quantitative estimate of drug-likeness (QED) is 0.508. The van der Waals surface area contributed by atoms with Crippen molar-refractivity contribution in [3.63, 3.8) is 0 Å². The van der Waals surface area contributed by atoms with Crippen LogP contribution in [0.15, 0.2) is 24.3 Å². The number of nitrogens with one attached hydrogen (secondary N) is 3. The van der Waals surface area contributed by atoms with E-state index in [1.54, 1.807) is 26.0 Å². The van der Waals surface area contributed by atoms with Gasteiger partial charge in [-0.25, -0.2) is 0 Å². The first-order chi connectivity index (χ1) is 11.7. The highest BCUT2D eigenvalue weighted by molar-refractivity contribution is 8.01. The molecule has 25 heavy (non-hydrogen) atoms. The van der Waals surface area contributed by atoms with Gasteiger partial charge in [0, 0.05) is 4.75 Å². The largest absolute Gasteiger partial charge is 0.508 e. The molecular weight excluding hydrogens is 346 g/mol. The Morgan fingerprint density at radius 1 is 1.12 bits per heavy atom. The molecule has 0 unspecified atom stereocenters. The molecule has 0 radical (unpaired) electrons. The summed E-state index contributed by atoms with van der Waals surface area (Å²) < 4.78 is -0.616. The molecule has 3 rings (SSSR count). The van der Waals surface area contributed by atoms with Crippen LogP contribution in [0, 0.1) is 0 Å². The summed E-state index contributed by atoms with van der Waals surface area (Å²) in [5.41, 5.74) is 0.554. The smallest absolute Gasteiger partial charge is 0.322 e. The summed E-state index contributed by atoms with van der Waals surface area (Å²) in [6, 6.07) is 3.47. The number of piperazine rings is 1. The lowest BCUT2D eigenvalue weighted by molar-refractivity contribution is -0.140. The number of hydrogen-bond acceptors (Lipinski definition) is 6. The lowest BCUT2D eigenvalue weighted by atomic mass is 10.0. The van der Waals surface area contributed by atoms with Crippen molar-refractivity contribution in [2.45, 2.75) is 42.1 Å².